The van der Waals surface area contributed by atoms with Crippen LogP contribution in [0, 0.1) is 6.92 Å². The Morgan fingerprint density at radius 1 is 1.25 bits per heavy atom. The van der Waals surface area contributed by atoms with Gasteiger partial charge in [0, 0.05) is 6.42 Å². The van der Waals surface area contributed by atoms with E-state index in [1.165, 1.54) is 0 Å². The summed E-state index contributed by atoms with van der Waals surface area (Å²) < 4.78 is 25.0. The fourth-order valence-electron chi connectivity index (χ4n) is 1.69. The van der Waals surface area contributed by atoms with Gasteiger partial charge >= 0.3 is 0 Å². The fourth-order valence-corrected chi connectivity index (χ4v) is 2.27. The van der Waals surface area contributed by atoms with Crippen LogP contribution in [0.3, 0.4) is 0 Å². The second kappa shape index (κ2) is 7.25. The Hall–Kier alpha value is -1.60. The molecule has 0 fully saturated rings. The zero-order valence-electron chi connectivity index (χ0n) is 12.0. The lowest BCUT2D eigenvalue weighted by Crippen LogP contribution is -2.17. The van der Waals surface area contributed by atoms with E-state index < -0.39 is 10.0 Å². The van der Waals surface area contributed by atoms with Crippen molar-refractivity contribution in [2.24, 2.45) is 0 Å². The first-order chi connectivity index (χ1) is 9.31. The van der Waals surface area contributed by atoms with Gasteiger partial charge in [0.05, 0.1) is 17.6 Å². The molecule has 0 atom stereocenters. The van der Waals surface area contributed by atoms with Crippen molar-refractivity contribution < 1.29 is 13.2 Å². The lowest BCUT2D eigenvalue weighted by molar-refractivity contribution is -0.116. The van der Waals surface area contributed by atoms with Crippen molar-refractivity contribution in [2.75, 3.05) is 29.9 Å². The van der Waals surface area contributed by atoms with E-state index in [-0.39, 0.29) is 5.91 Å². The molecule has 0 radical (unpaired) electrons. The van der Waals surface area contributed by atoms with Crippen molar-refractivity contribution in [2.45, 2.75) is 19.8 Å². The Morgan fingerprint density at radius 3 is 2.55 bits per heavy atom. The molecule has 7 heteroatoms. The summed E-state index contributed by atoms with van der Waals surface area (Å²) >= 11 is 0. The number of amides is 1. The second-order valence-electron chi connectivity index (χ2n) is 4.68. The maximum absolute atomic E-state index is 11.8. The molecule has 0 heterocycles. The van der Waals surface area contributed by atoms with E-state index in [0.717, 1.165) is 24.8 Å². The minimum Gasteiger partial charge on any atom is -0.324 e. The average Bonchev–Trinajstić information content (AvgIpc) is 2.31. The third-order valence-electron chi connectivity index (χ3n) is 2.58. The molecule has 1 amide bonds. The molecule has 0 unspecified atom stereocenters. The molecular weight excluding hydrogens is 278 g/mol. The van der Waals surface area contributed by atoms with Crippen LogP contribution in [0.25, 0.3) is 0 Å². The normalized spacial score (nSPS) is 11.2. The van der Waals surface area contributed by atoms with Gasteiger partial charge in [-0.25, -0.2) is 8.42 Å². The summed E-state index contributed by atoms with van der Waals surface area (Å²) in [6, 6.07) is 5.16. The summed E-state index contributed by atoms with van der Waals surface area (Å²) in [5.41, 5.74) is 1.79. The number of carbonyl (C=O) groups excluding carboxylic acids is 1. The highest BCUT2D eigenvalue weighted by Crippen LogP contribution is 2.24. The predicted octanol–water partition coefficient (Wildman–Crippen LogP) is 1.30. The van der Waals surface area contributed by atoms with Crippen LogP contribution >= 0.6 is 0 Å². The molecule has 0 aromatic heterocycles. The van der Waals surface area contributed by atoms with E-state index in [0.29, 0.717) is 17.8 Å². The average molecular weight is 299 g/mol. The Morgan fingerprint density at radius 2 is 1.95 bits per heavy atom. The van der Waals surface area contributed by atoms with Crippen molar-refractivity contribution >= 4 is 27.3 Å². The molecule has 0 aliphatic carbocycles. The number of sulfonamides is 1. The van der Waals surface area contributed by atoms with Gasteiger partial charge in [-0.05, 0) is 44.6 Å². The molecule has 112 valence electrons. The van der Waals surface area contributed by atoms with Gasteiger partial charge in [0.1, 0.15) is 0 Å². The number of aryl methyl sites for hydroxylation is 1. The van der Waals surface area contributed by atoms with E-state index in [4.69, 9.17) is 0 Å². The second-order valence-corrected chi connectivity index (χ2v) is 6.43. The van der Waals surface area contributed by atoms with Gasteiger partial charge < -0.3 is 10.6 Å². The highest BCUT2D eigenvalue weighted by molar-refractivity contribution is 7.92. The van der Waals surface area contributed by atoms with Crippen LogP contribution in [-0.2, 0) is 14.8 Å². The van der Waals surface area contributed by atoms with Crippen molar-refractivity contribution in [3.05, 3.63) is 23.8 Å². The third-order valence-corrected chi connectivity index (χ3v) is 3.17. The molecule has 20 heavy (non-hydrogen) atoms. The van der Waals surface area contributed by atoms with Crippen LogP contribution in [0.1, 0.15) is 18.4 Å². The predicted molar refractivity (Wildman–Crippen MR) is 81.4 cm³/mol. The topological polar surface area (TPSA) is 87.3 Å². The molecule has 0 aliphatic rings. The van der Waals surface area contributed by atoms with Gasteiger partial charge in [-0.15, -0.1) is 0 Å². The zero-order chi connectivity index (χ0) is 15.2. The Labute approximate surface area is 120 Å². The molecule has 0 aliphatic heterocycles. The third kappa shape index (κ3) is 6.03. The number of rotatable bonds is 7. The molecule has 1 aromatic rings. The van der Waals surface area contributed by atoms with Gasteiger partial charge in [-0.3, -0.25) is 9.52 Å². The number of benzene rings is 1. The molecule has 0 spiro atoms. The van der Waals surface area contributed by atoms with Gasteiger partial charge in [0.2, 0.25) is 15.9 Å². The summed E-state index contributed by atoms with van der Waals surface area (Å²) in [4.78, 5) is 11.8. The molecular formula is C13H21N3O3S. The SMILES string of the molecule is CNCCCC(=O)Nc1cc(C)ccc1NS(C)(=O)=O. The molecule has 6 nitrogen and oxygen atoms in total. The quantitative estimate of drug-likeness (QED) is 0.662. The van der Waals surface area contributed by atoms with E-state index in [2.05, 4.69) is 15.4 Å². The first-order valence-electron chi connectivity index (χ1n) is 6.34. The van der Waals surface area contributed by atoms with Crippen LogP contribution in [0.5, 0.6) is 0 Å². The lowest BCUT2D eigenvalue weighted by Gasteiger charge is -2.13. The van der Waals surface area contributed by atoms with Gasteiger partial charge in [0.15, 0.2) is 0 Å². The van der Waals surface area contributed by atoms with Crippen LogP contribution < -0.4 is 15.4 Å². The number of hydrogen-bond donors (Lipinski definition) is 3. The molecule has 3 N–H and O–H groups in total. The fraction of sp³-hybridized carbons (Fsp3) is 0.462. The summed E-state index contributed by atoms with van der Waals surface area (Å²) in [5.74, 6) is -0.137. The van der Waals surface area contributed by atoms with Crippen LogP contribution in [0.4, 0.5) is 11.4 Å². The molecule has 1 aromatic carbocycles. The highest BCUT2D eigenvalue weighted by Gasteiger charge is 2.10. The minimum absolute atomic E-state index is 0.137. The number of carbonyl (C=O) groups is 1. The number of hydrogen-bond acceptors (Lipinski definition) is 4. The van der Waals surface area contributed by atoms with E-state index in [9.17, 15) is 13.2 Å². The Bertz CT molecular complexity index is 570. The van der Waals surface area contributed by atoms with Gasteiger partial charge in [0.25, 0.3) is 0 Å². The lowest BCUT2D eigenvalue weighted by atomic mass is 10.2. The summed E-state index contributed by atoms with van der Waals surface area (Å²) in [5, 5.41) is 5.71. The van der Waals surface area contributed by atoms with Crippen molar-refractivity contribution in [1.82, 2.24) is 5.32 Å². The Balaban J connectivity index is 2.82. The van der Waals surface area contributed by atoms with E-state index in [1.54, 1.807) is 18.2 Å². The maximum Gasteiger partial charge on any atom is 0.229 e. The summed E-state index contributed by atoms with van der Waals surface area (Å²) in [6.07, 6.45) is 2.18. The van der Waals surface area contributed by atoms with Crippen molar-refractivity contribution in [3.63, 3.8) is 0 Å². The largest absolute Gasteiger partial charge is 0.324 e. The van der Waals surface area contributed by atoms with E-state index >= 15 is 0 Å². The summed E-state index contributed by atoms with van der Waals surface area (Å²) in [7, 11) is -1.55. The monoisotopic (exact) mass is 299 g/mol. The van der Waals surface area contributed by atoms with Crippen molar-refractivity contribution in [1.29, 1.82) is 0 Å². The smallest absolute Gasteiger partial charge is 0.229 e. The minimum atomic E-state index is -3.38. The standard InChI is InChI=1S/C13H21N3O3S/c1-10-6-7-11(16-20(3,18)19)12(9-10)15-13(17)5-4-8-14-2/h6-7,9,14,16H,4-5,8H2,1-3H3,(H,15,17). The first kappa shape index (κ1) is 16.5. The summed E-state index contributed by atoms with van der Waals surface area (Å²) in [6.45, 7) is 2.64. The van der Waals surface area contributed by atoms with Crippen LogP contribution in [0.2, 0.25) is 0 Å². The van der Waals surface area contributed by atoms with Crippen LogP contribution in [0.15, 0.2) is 18.2 Å². The number of anilines is 2. The maximum atomic E-state index is 11.8. The zero-order valence-corrected chi connectivity index (χ0v) is 12.8. The number of nitrogens with one attached hydrogen (secondary N) is 3. The molecule has 0 bridgehead atoms. The Kier molecular flexibility index (Phi) is 5.97. The highest BCUT2D eigenvalue weighted by atomic mass is 32.2. The van der Waals surface area contributed by atoms with Crippen LogP contribution in [-0.4, -0.2) is 34.2 Å². The van der Waals surface area contributed by atoms with Gasteiger partial charge in [-0.2, -0.15) is 0 Å². The molecule has 1 rings (SSSR count). The van der Waals surface area contributed by atoms with E-state index in [1.807, 2.05) is 14.0 Å². The first-order valence-corrected chi connectivity index (χ1v) is 8.24. The van der Waals surface area contributed by atoms with Crippen molar-refractivity contribution in [3.8, 4) is 0 Å². The molecule has 0 saturated carbocycles. The van der Waals surface area contributed by atoms with Gasteiger partial charge in [-0.1, -0.05) is 6.07 Å². The molecule has 0 saturated heterocycles.